The van der Waals surface area contributed by atoms with E-state index in [1.165, 1.54) is 6.42 Å². The zero-order chi connectivity index (χ0) is 18.8. The molecule has 2 rings (SSSR count). The molecule has 2 unspecified atom stereocenters. The highest BCUT2D eigenvalue weighted by molar-refractivity contribution is 5.80. The molecule has 1 amide bonds. The van der Waals surface area contributed by atoms with Gasteiger partial charge >= 0.3 is 5.97 Å². The summed E-state index contributed by atoms with van der Waals surface area (Å²) in [7, 11) is 1.61. The lowest BCUT2D eigenvalue weighted by atomic mass is 9.86. The number of carbonyl (C=O) groups excluding carboxylic acids is 2. The first-order valence-corrected chi connectivity index (χ1v) is 9.30. The van der Waals surface area contributed by atoms with Crippen molar-refractivity contribution >= 4 is 11.9 Å². The summed E-state index contributed by atoms with van der Waals surface area (Å²) in [5, 5.41) is 2.97. The Morgan fingerprint density at radius 2 is 1.81 bits per heavy atom. The molecule has 1 aromatic carbocycles. The maximum atomic E-state index is 11.9. The first kappa shape index (κ1) is 20.1. The minimum Gasteiger partial charge on any atom is -0.497 e. The van der Waals surface area contributed by atoms with Crippen molar-refractivity contribution in [2.75, 3.05) is 20.3 Å². The normalized spacial score (nSPS) is 19.5. The van der Waals surface area contributed by atoms with Gasteiger partial charge in [0.15, 0.2) is 6.61 Å². The van der Waals surface area contributed by atoms with Crippen molar-refractivity contribution in [3.63, 3.8) is 0 Å². The van der Waals surface area contributed by atoms with Gasteiger partial charge in [0, 0.05) is 12.5 Å². The number of benzene rings is 1. The predicted molar refractivity (Wildman–Crippen MR) is 98.2 cm³/mol. The summed E-state index contributed by atoms with van der Waals surface area (Å²) in [5.41, 5.74) is 0. The minimum atomic E-state index is -0.379. The summed E-state index contributed by atoms with van der Waals surface area (Å²) in [4.78, 5) is 23.6. The molecule has 2 atom stereocenters. The fourth-order valence-electron chi connectivity index (χ4n) is 3.08. The van der Waals surface area contributed by atoms with Gasteiger partial charge in [-0.25, -0.2) is 0 Å². The monoisotopic (exact) mass is 363 g/mol. The van der Waals surface area contributed by atoms with E-state index >= 15 is 0 Å². The molecule has 0 aromatic heterocycles. The van der Waals surface area contributed by atoms with Gasteiger partial charge in [-0.05, 0) is 49.4 Å². The van der Waals surface area contributed by atoms with Crippen LogP contribution in [0.4, 0.5) is 0 Å². The molecule has 0 aliphatic heterocycles. The molecule has 1 saturated carbocycles. The second kappa shape index (κ2) is 10.7. The van der Waals surface area contributed by atoms with E-state index in [9.17, 15) is 9.59 Å². The second-order valence-electron chi connectivity index (χ2n) is 6.72. The SMILES string of the molecule is COc1ccc(OCCCC(=O)OCC(=O)NC2CCCCC2C)cc1. The van der Waals surface area contributed by atoms with E-state index in [-0.39, 0.29) is 30.9 Å². The largest absolute Gasteiger partial charge is 0.497 e. The number of esters is 1. The van der Waals surface area contributed by atoms with Crippen molar-refractivity contribution in [3.05, 3.63) is 24.3 Å². The van der Waals surface area contributed by atoms with Crippen LogP contribution < -0.4 is 14.8 Å². The van der Waals surface area contributed by atoms with E-state index in [2.05, 4.69) is 12.2 Å². The first-order chi connectivity index (χ1) is 12.6. The van der Waals surface area contributed by atoms with Crippen LogP contribution in [0.15, 0.2) is 24.3 Å². The number of amides is 1. The molecule has 144 valence electrons. The third-order valence-electron chi connectivity index (χ3n) is 4.68. The molecule has 0 spiro atoms. The van der Waals surface area contributed by atoms with Gasteiger partial charge in [-0.15, -0.1) is 0 Å². The van der Waals surface area contributed by atoms with E-state index in [4.69, 9.17) is 14.2 Å². The van der Waals surface area contributed by atoms with Crippen molar-refractivity contribution in [1.29, 1.82) is 0 Å². The van der Waals surface area contributed by atoms with E-state index in [1.54, 1.807) is 7.11 Å². The maximum Gasteiger partial charge on any atom is 0.306 e. The third-order valence-corrected chi connectivity index (χ3v) is 4.68. The lowest BCUT2D eigenvalue weighted by molar-refractivity contribution is -0.149. The Hall–Kier alpha value is -2.24. The van der Waals surface area contributed by atoms with Gasteiger partial charge in [-0.1, -0.05) is 19.8 Å². The smallest absolute Gasteiger partial charge is 0.306 e. The average Bonchev–Trinajstić information content (AvgIpc) is 2.66. The van der Waals surface area contributed by atoms with Gasteiger partial charge in [-0.2, -0.15) is 0 Å². The highest BCUT2D eigenvalue weighted by atomic mass is 16.5. The molecule has 1 aromatic rings. The van der Waals surface area contributed by atoms with E-state index in [1.807, 2.05) is 24.3 Å². The molecule has 26 heavy (non-hydrogen) atoms. The lowest BCUT2D eigenvalue weighted by Crippen LogP contribution is -2.42. The summed E-state index contributed by atoms with van der Waals surface area (Å²) in [5.74, 6) is 1.38. The van der Waals surface area contributed by atoms with E-state index < -0.39 is 0 Å². The Morgan fingerprint density at radius 1 is 1.12 bits per heavy atom. The number of hydrogen-bond acceptors (Lipinski definition) is 5. The molecule has 6 nitrogen and oxygen atoms in total. The molecule has 0 bridgehead atoms. The number of carbonyl (C=O) groups is 2. The second-order valence-corrected chi connectivity index (χ2v) is 6.72. The molecule has 0 radical (unpaired) electrons. The molecular formula is C20H29NO5. The van der Waals surface area contributed by atoms with Crippen LogP contribution in [0.2, 0.25) is 0 Å². The molecule has 0 heterocycles. The maximum absolute atomic E-state index is 11.9. The van der Waals surface area contributed by atoms with Crippen molar-refractivity contribution in [3.8, 4) is 11.5 Å². The predicted octanol–water partition coefficient (Wildman–Crippen LogP) is 3.09. The summed E-state index contributed by atoms with van der Waals surface area (Å²) < 4.78 is 15.7. The van der Waals surface area contributed by atoms with Crippen molar-refractivity contribution in [2.45, 2.75) is 51.5 Å². The number of hydrogen-bond donors (Lipinski definition) is 1. The number of methoxy groups -OCH3 is 1. The molecule has 0 saturated heterocycles. The molecule has 1 aliphatic rings. The van der Waals surface area contributed by atoms with Gasteiger partial charge in [0.2, 0.25) is 0 Å². The Bertz CT molecular complexity index is 572. The van der Waals surface area contributed by atoms with E-state index in [0.29, 0.717) is 18.9 Å². The Kier molecular flexibility index (Phi) is 8.25. The van der Waals surface area contributed by atoms with Crippen molar-refractivity contribution < 1.29 is 23.8 Å². The third kappa shape index (κ3) is 6.94. The molecule has 1 N–H and O–H groups in total. The fourth-order valence-corrected chi connectivity index (χ4v) is 3.08. The molecule has 6 heteroatoms. The number of rotatable bonds is 9. The van der Waals surface area contributed by atoms with Crippen LogP contribution in [0.3, 0.4) is 0 Å². The van der Waals surface area contributed by atoms with Crippen LogP contribution in [0.25, 0.3) is 0 Å². The highest BCUT2D eigenvalue weighted by Crippen LogP contribution is 2.23. The van der Waals surface area contributed by atoms with Crippen LogP contribution in [-0.4, -0.2) is 38.2 Å². The Balaban J connectivity index is 1.56. The van der Waals surface area contributed by atoms with Gasteiger partial charge < -0.3 is 19.5 Å². The molecule has 1 fully saturated rings. The average molecular weight is 363 g/mol. The quantitative estimate of drug-likeness (QED) is 0.539. The van der Waals surface area contributed by atoms with Gasteiger partial charge in [-0.3, -0.25) is 9.59 Å². The number of ether oxygens (including phenoxy) is 3. The van der Waals surface area contributed by atoms with Crippen LogP contribution >= 0.6 is 0 Å². The zero-order valence-corrected chi connectivity index (χ0v) is 15.7. The van der Waals surface area contributed by atoms with Gasteiger partial charge in [0.25, 0.3) is 5.91 Å². The standard InChI is InChI=1S/C20H29NO5/c1-15-6-3-4-7-18(15)21-19(22)14-26-20(23)8-5-13-25-17-11-9-16(24-2)10-12-17/h9-12,15,18H,3-8,13-14H2,1-2H3,(H,21,22). The van der Waals surface area contributed by atoms with Gasteiger partial charge in [0.1, 0.15) is 11.5 Å². The topological polar surface area (TPSA) is 73.9 Å². The Morgan fingerprint density at radius 3 is 2.50 bits per heavy atom. The summed E-state index contributed by atoms with van der Waals surface area (Å²) in [6.45, 7) is 2.35. The molecule has 1 aliphatic carbocycles. The fraction of sp³-hybridized carbons (Fsp3) is 0.600. The lowest BCUT2D eigenvalue weighted by Gasteiger charge is -2.29. The van der Waals surface area contributed by atoms with Crippen LogP contribution in [0.5, 0.6) is 11.5 Å². The zero-order valence-electron chi connectivity index (χ0n) is 15.7. The Labute approximate surface area is 155 Å². The number of nitrogens with one attached hydrogen (secondary N) is 1. The summed E-state index contributed by atoms with van der Waals surface area (Å²) in [6, 6.07) is 7.46. The first-order valence-electron chi connectivity index (χ1n) is 9.30. The van der Waals surface area contributed by atoms with Crippen molar-refractivity contribution in [2.24, 2.45) is 5.92 Å². The highest BCUT2D eigenvalue weighted by Gasteiger charge is 2.23. The van der Waals surface area contributed by atoms with Crippen LogP contribution in [0.1, 0.15) is 45.4 Å². The summed E-state index contributed by atoms with van der Waals surface area (Å²) >= 11 is 0. The van der Waals surface area contributed by atoms with E-state index in [0.717, 1.165) is 30.8 Å². The van der Waals surface area contributed by atoms with Crippen LogP contribution in [0, 0.1) is 5.92 Å². The van der Waals surface area contributed by atoms with Crippen LogP contribution in [-0.2, 0) is 14.3 Å². The van der Waals surface area contributed by atoms with Gasteiger partial charge in [0.05, 0.1) is 13.7 Å². The minimum absolute atomic E-state index is 0.202. The summed E-state index contributed by atoms with van der Waals surface area (Å²) in [6.07, 6.45) is 5.27. The van der Waals surface area contributed by atoms with Crippen molar-refractivity contribution in [1.82, 2.24) is 5.32 Å². The molecular weight excluding hydrogens is 334 g/mol.